The zero-order valence-electron chi connectivity index (χ0n) is 11.8. The summed E-state index contributed by atoms with van der Waals surface area (Å²) in [7, 11) is 0. The van der Waals surface area contributed by atoms with Crippen molar-refractivity contribution in [2.75, 3.05) is 19.8 Å². The summed E-state index contributed by atoms with van der Waals surface area (Å²) in [6.45, 7) is 3.09. The lowest BCUT2D eigenvalue weighted by Crippen LogP contribution is -2.47. The quantitative estimate of drug-likeness (QED) is 0.794. The van der Waals surface area contributed by atoms with Crippen molar-refractivity contribution in [1.82, 2.24) is 9.88 Å². The van der Waals surface area contributed by atoms with E-state index in [4.69, 9.17) is 10.5 Å². The van der Waals surface area contributed by atoms with Crippen LogP contribution < -0.4 is 5.73 Å². The van der Waals surface area contributed by atoms with E-state index in [1.165, 1.54) is 11.3 Å². The average molecular weight is 313 g/mol. The number of nitrogens with two attached hydrogens (primary N) is 1. The molecule has 3 N–H and O–H groups in total. The normalized spacial score (nSPS) is 21.4. The molecule has 0 radical (unpaired) electrons. The minimum atomic E-state index is -0.938. The number of carboxylic acid groups (broad SMARTS) is 1. The third-order valence-corrected chi connectivity index (χ3v) is 4.31. The molecule has 2 atom stereocenters. The zero-order chi connectivity index (χ0) is 15.4. The van der Waals surface area contributed by atoms with Gasteiger partial charge in [-0.25, -0.2) is 4.98 Å². The number of nitrogens with zero attached hydrogens (tertiary/aromatic N) is 2. The van der Waals surface area contributed by atoms with Gasteiger partial charge in [0.2, 0.25) is 0 Å². The first-order chi connectivity index (χ1) is 10.1. The molecule has 21 heavy (non-hydrogen) atoms. The standard InChI is InChI=1S/C13H19N3O4S/c1-2-3-16(10-6-20-5-8(10)13(18)19)12(17)9-7-21-11(4-14)15-9/h7-8,10H,2-6,14H2,1H3,(H,18,19). The van der Waals surface area contributed by atoms with Gasteiger partial charge in [-0.15, -0.1) is 11.3 Å². The van der Waals surface area contributed by atoms with Crippen molar-refractivity contribution in [2.24, 2.45) is 11.7 Å². The first kappa shape index (κ1) is 15.9. The number of aliphatic carboxylic acids is 1. The summed E-state index contributed by atoms with van der Waals surface area (Å²) < 4.78 is 5.26. The Bertz CT molecular complexity index is 519. The number of aromatic nitrogens is 1. The van der Waals surface area contributed by atoms with Gasteiger partial charge in [0.25, 0.3) is 5.91 Å². The van der Waals surface area contributed by atoms with Crippen LogP contribution in [0.5, 0.6) is 0 Å². The first-order valence-electron chi connectivity index (χ1n) is 6.84. The van der Waals surface area contributed by atoms with Gasteiger partial charge >= 0.3 is 5.97 Å². The summed E-state index contributed by atoms with van der Waals surface area (Å²) in [6.07, 6.45) is 0.739. The molecule has 2 rings (SSSR count). The van der Waals surface area contributed by atoms with E-state index >= 15 is 0 Å². The number of ether oxygens (including phenoxy) is 1. The van der Waals surface area contributed by atoms with Crippen molar-refractivity contribution in [1.29, 1.82) is 0 Å². The number of hydrogen-bond donors (Lipinski definition) is 2. The third-order valence-electron chi connectivity index (χ3n) is 3.44. The maximum absolute atomic E-state index is 12.6. The molecular formula is C13H19N3O4S. The molecule has 0 saturated carbocycles. The second-order valence-corrected chi connectivity index (χ2v) is 5.82. The van der Waals surface area contributed by atoms with E-state index in [2.05, 4.69) is 4.98 Å². The average Bonchev–Trinajstić information content (AvgIpc) is 3.12. The number of amides is 1. The first-order valence-corrected chi connectivity index (χ1v) is 7.72. The third kappa shape index (κ3) is 3.39. The topological polar surface area (TPSA) is 106 Å². The van der Waals surface area contributed by atoms with Crippen LogP contribution in [0.25, 0.3) is 0 Å². The molecule has 2 heterocycles. The largest absolute Gasteiger partial charge is 0.481 e. The SMILES string of the molecule is CCCN(C(=O)c1csc(CN)n1)C1COCC1C(=O)O. The lowest BCUT2D eigenvalue weighted by molar-refractivity contribution is -0.142. The number of hydrogen-bond acceptors (Lipinski definition) is 6. The summed E-state index contributed by atoms with van der Waals surface area (Å²) in [5.41, 5.74) is 5.83. The van der Waals surface area contributed by atoms with Gasteiger partial charge in [0.05, 0.1) is 19.3 Å². The van der Waals surface area contributed by atoms with Crippen LogP contribution in [0, 0.1) is 5.92 Å². The van der Waals surface area contributed by atoms with E-state index in [0.29, 0.717) is 17.2 Å². The van der Waals surface area contributed by atoms with E-state index in [-0.39, 0.29) is 25.7 Å². The van der Waals surface area contributed by atoms with E-state index < -0.39 is 17.9 Å². The summed E-state index contributed by atoms with van der Waals surface area (Å²) in [5.74, 6) is -1.88. The van der Waals surface area contributed by atoms with Crippen LogP contribution in [-0.2, 0) is 16.1 Å². The van der Waals surface area contributed by atoms with Gasteiger partial charge in [-0.2, -0.15) is 0 Å². The smallest absolute Gasteiger partial charge is 0.311 e. The van der Waals surface area contributed by atoms with Gasteiger partial charge < -0.3 is 20.5 Å². The monoisotopic (exact) mass is 313 g/mol. The molecule has 0 spiro atoms. The Morgan fingerprint density at radius 1 is 1.57 bits per heavy atom. The molecule has 2 unspecified atom stereocenters. The fourth-order valence-corrected chi connectivity index (χ4v) is 3.04. The van der Waals surface area contributed by atoms with Crippen molar-refractivity contribution in [3.8, 4) is 0 Å². The number of carbonyl (C=O) groups is 2. The van der Waals surface area contributed by atoms with Gasteiger partial charge in [-0.3, -0.25) is 9.59 Å². The Morgan fingerprint density at radius 3 is 2.90 bits per heavy atom. The molecule has 1 saturated heterocycles. The highest BCUT2D eigenvalue weighted by atomic mass is 32.1. The number of thiazole rings is 1. The lowest BCUT2D eigenvalue weighted by Gasteiger charge is -2.29. The van der Waals surface area contributed by atoms with Gasteiger partial charge in [0.15, 0.2) is 0 Å². The van der Waals surface area contributed by atoms with Crippen molar-refractivity contribution in [2.45, 2.75) is 25.9 Å². The second-order valence-electron chi connectivity index (χ2n) is 4.88. The molecule has 116 valence electrons. The summed E-state index contributed by atoms with van der Waals surface area (Å²) >= 11 is 1.33. The highest BCUT2D eigenvalue weighted by molar-refractivity contribution is 7.09. The van der Waals surface area contributed by atoms with Crippen LogP contribution in [0.1, 0.15) is 28.8 Å². The van der Waals surface area contributed by atoms with Crippen molar-refractivity contribution in [3.05, 3.63) is 16.1 Å². The van der Waals surface area contributed by atoms with Gasteiger partial charge in [0, 0.05) is 18.5 Å². The molecule has 0 aliphatic carbocycles. The van der Waals surface area contributed by atoms with Crippen LogP contribution in [0.2, 0.25) is 0 Å². The van der Waals surface area contributed by atoms with Crippen LogP contribution in [-0.4, -0.2) is 52.7 Å². The van der Waals surface area contributed by atoms with Gasteiger partial charge in [-0.05, 0) is 6.42 Å². The summed E-state index contributed by atoms with van der Waals surface area (Å²) in [5, 5.41) is 11.6. The Morgan fingerprint density at radius 2 is 2.33 bits per heavy atom. The number of carbonyl (C=O) groups excluding carboxylic acids is 1. The lowest BCUT2D eigenvalue weighted by atomic mass is 10.0. The predicted molar refractivity (Wildman–Crippen MR) is 77.1 cm³/mol. The molecule has 1 aliphatic heterocycles. The van der Waals surface area contributed by atoms with Crippen molar-refractivity contribution < 1.29 is 19.4 Å². The molecule has 0 bridgehead atoms. The van der Waals surface area contributed by atoms with Crippen LogP contribution >= 0.6 is 11.3 Å². The highest BCUT2D eigenvalue weighted by Gasteiger charge is 2.40. The Labute approximate surface area is 126 Å². The second kappa shape index (κ2) is 6.97. The van der Waals surface area contributed by atoms with Crippen LogP contribution in [0.3, 0.4) is 0 Å². The molecular weight excluding hydrogens is 294 g/mol. The molecule has 1 aromatic rings. The fraction of sp³-hybridized carbons (Fsp3) is 0.615. The van der Waals surface area contributed by atoms with Crippen LogP contribution in [0.15, 0.2) is 5.38 Å². The summed E-state index contributed by atoms with van der Waals surface area (Å²) in [6, 6.07) is -0.446. The van der Waals surface area contributed by atoms with E-state index in [1.807, 2.05) is 6.92 Å². The Hall–Kier alpha value is -1.51. The molecule has 1 amide bonds. The number of carboxylic acids is 1. The van der Waals surface area contributed by atoms with Gasteiger partial charge in [-0.1, -0.05) is 6.92 Å². The zero-order valence-corrected chi connectivity index (χ0v) is 12.6. The highest BCUT2D eigenvalue weighted by Crippen LogP contribution is 2.23. The van der Waals surface area contributed by atoms with Crippen LogP contribution in [0.4, 0.5) is 0 Å². The maximum atomic E-state index is 12.6. The minimum Gasteiger partial charge on any atom is -0.481 e. The molecule has 8 heteroatoms. The fourth-order valence-electron chi connectivity index (χ4n) is 2.39. The van der Waals surface area contributed by atoms with E-state index in [9.17, 15) is 14.7 Å². The molecule has 1 aromatic heterocycles. The number of rotatable bonds is 6. The predicted octanol–water partition coefficient (Wildman–Crippen LogP) is 0.554. The van der Waals surface area contributed by atoms with Gasteiger partial charge in [0.1, 0.15) is 16.6 Å². The van der Waals surface area contributed by atoms with E-state index in [0.717, 1.165) is 6.42 Å². The van der Waals surface area contributed by atoms with E-state index in [1.54, 1.807) is 10.3 Å². The molecule has 0 aromatic carbocycles. The Kier molecular flexibility index (Phi) is 5.27. The Balaban J connectivity index is 2.21. The molecule has 7 nitrogen and oxygen atoms in total. The van der Waals surface area contributed by atoms with Crippen molar-refractivity contribution in [3.63, 3.8) is 0 Å². The summed E-state index contributed by atoms with van der Waals surface area (Å²) in [4.78, 5) is 29.6. The maximum Gasteiger partial charge on any atom is 0.311 e. The minimum absolute atomic E-state index is 0.138. The molecule has 1 fully saturated rings. The van der Waals surface area contributed by atoms with Crippen molar-refractivity contribution >= 4 is 23.2 Å². The molecule has 1 aliphatic rings.